The Labute approximate surface area is 122 Å². The van der Waals surface area contributed by atoms with Gasteiger partial charge in [0.15, 0.2) is 0 Å². The summed E-state index contributed by atoms with van der Waals surface area (Å²) in [6.07, 6.45) is 0.242. The number of rotatable bonds is 1. The van der Waals surface area contributed by atoms with Crippen molar-refractivity contribution in [2.75, 3.05) is 18.8 Å². The third kappa shape index (κ3) is 2.96. The number of hydrogen-bond donors (Lipinski definition) is 2. The number of benzene rings is 1. The van der Waals surface area contributed by atoms with Gasteiger partial charge in [-0.3, -0.25) is 4.79 Å². The Bertz CT molecular complexity index is 484. The Morgan fingerprint density at radius 1 is 1.42 bits per heavy atom. The monoisotopic (exact) mass is 302 g/mol. The van der Waals surface area contributed by atoms with E-state index in [1.54, 1.807) is 4.90 Å². The van der Waals surface area contributed by atoms with Gasteiger partial charge >= 0.3 is 0 Å². The number of nitrogens with zero attached hydrogens (tertiary/aromatic N) is 1. The van der Waals surface area contributed by atoms with Gasteiger partial charge in [-0.2, -0.15) is 0 Å². The molecule has 4 nitrogen and oxygen atoms in total. The van der Waals surface area contributed by atoms with Gasteiger partial charge in [0.25, 0.3) is 5.91 Å². The fraction of sp³-hybridized carbons (Fsp3) is 0.462. The van der Waals surface area contributed by atoms with E-state index in [2.05, 4.69) is 0 Å². The Morgan fingerprint density at radius 3 is 2.53 bits per heavy atom. The van der Waals surface area contributed by atoms with Crippen LogP contribution in [0.1, 0.15) is 23.7 Å². The highest BCUT2D eigenvalue weighted by Crippen LogP contribution is 2.30. The first-order chi connectivity index (χ1) is 8.90. The van der Waals surface area contributed by atoms with Crippen LogP contribution in [0.25, 0.3) is 0 Å². The van der Waals surface area contributed by atoms with E-state index in [0.29, 0.717) is 25.1 Å². The predicted octanol–water partition coefficient (Wildman–Crippen LogP) is 2.42. The molecule has 1 aliphatic rings. The average Bonchev–Trinajstić information content (AvgIpc) is 2.37. The second kappa shape index (κ2) is 5.57. The molecule has 2 unspecified atom stereocenters. The van der Waals surface area contributed by atoms with Crippen molar-refractivity contribution in [2.45, 2.75) is 19.4 Å². The second-order valence-electron chi connectivity index (χ2n) is 4.94. The number of likely N-dealkylation sites (tertiary alicyclic amines) is 1. The number of aliphatic hydroxyl groups excluding tert-OH is 1. The van der Waals surface area contributed by atoms with Gasteiger partial charge in [0.1, 0.15) is 0 Å². The zero-order valence-electron chi connectivity index (χ0n) is 10.6. The van der Waals surface area contributed by atoms with Gasteiger partial charge in [0.2, 0.25) is 0 Å². The largest absolute Gasteiger partial charge is 0.396 e. The first kappa shape index (κ1) is 14.4. The number of carbonyl (C=O) groups is 1. The second-order valence-corrected chi connectivity index (χ2v) is 5.75. The molecule has 0 radical (unpaired) electrons. The summed E-state index contributed by atoms with van der Waals surface area (Å²) in [4.78, 5) is 14.1. The molecule has 1 aromatic carbocycles. The van der Waals surface area contributed by atoms with Crippen molar-refractivity contribution in [3.8, 4) is 0 Å². The van der Waals surface area contributed by atoms with Crippen molar-refractivity contribution < 1.29 is 9.90 Å². The molecular formula is C13H16Cl2N2O2. The van der Waals surface area contributed by atoms with Crippen molar-refractivity contribution >= 4 is 34.8 Å². The van der Waals surface area contributed by atoms with Crippen molar-refractivity contribution in [3.63, 3.8) is 0 Å². The van der Waals surface area contributed by atoms with E-state index >= 15 is 0 Å². The van der Waals surface area contributed by atoms with E-state index < -0.39 is 0 Å². The summed E-state index contributed by atoms with van der Waals surface area (Å²) in [6, 6.07) is 3.06. The number of nitrogen functional groups attached to an aromatic ring is 1. The fourth-order valence-electron chi connectivity index (χ4n) is 2.21. The number of piperidine rings is 1. The lowest BCUT2D eigenvalue weighted by Gasteiger charge is -2.34. The highest BCUT2D eigenvalue weighted by atomic mass is 35.5. The summed E-state index contributed by atoms with van der Waals surface area (Å²) in [5.74, 6) is -0.0695. The van der Waals surface area contributed by atoms with Crippen molar-refractivity contribution in [3.05, 3.63) is 27.7 Å². The van der Waals surface area contributed by atoms with E-state index in [1.165, 1.54) is 12.1 Å². The first-order valence-electron chi connectivity index (χ1n) is 6.12. The summed E-state index contributed by atoms with van der Waals surface area (Å²) >= 11 is 11.9. The SMILES string of the molecule is CC1CN(C(=O)c2cc(Cl)c(N)c(Cl)c2)CCC1O. The lowest BCUT2D eigenvalue weighted by Crippen LogP contribution is -2.44. The number of carbonyl (C=O) groups excluding carboxylic acids is 1. The molecule has 2 atom stereocenters. The summed E-state index contributed by atoms with van der Waals surface area (Å²) in [7, 11) is 0. The molecule has 0 bridgehead atoms. The van der Waals surface area contributed by atoms with E-state index in [0.717, 1.165) is 0 Å². The molecule has 1 saturated heterocycles. The van der Waals surface area contributed by atoms with Crippen LogP contribution >= 0.6 is 23.2 Å². The Kier molecular flexibility index (Phi) is 4.23. The average molecular weight is 303 g/mol. The third-order valence-electron chi connectivity index (χ3n) is 3.47. The molecule has 0 spiro atoms. The molecule has 0 saturated carbocycles. The number of hydrogen-bond acceptors (Lipinski definition) is 3. The van der Waals surface area contributed by atoms with Crippen LogP contribution in [0, 0.1) is 5.92 Å². The molecule has 3 N–H and O–H groups in total. The van der Waals surface area contributed by atoms with Crippen molar-refractivity contribution in [1.29, 1.82) is 0 Å². The van der Waals surface area contributed by atoms with Gasteiger partial charge in [-0.05, 0) is 24.5 Å². The number of nitrogens with two attached hydrogens (primary N) is 1. The van der Waals surface area contributed by atoms with Gasteiger partial charge in [-0.15, -0.1) is 0 Å². The lowest BCUT2D eigenvalue weighted by atomic mass is 9.96. The Morgan fingerprint density at radius 2 is 2.00 bits per heavy atom. The summed E-state index contributed by atoms with van der Waals surface area (Å²) in [5, 5.41) is 10.2. The number of halogens is 2. The normalized spacial score (nSPS) is 23.5. The zero-order valence-corrected chi connectivity index (χ0v) is 12.1. The van der Waals surface area contributed by atoms with Crippen LogP contribution in [0.4, 0.5) is 5.69 Å². The third-order valence-corrected chi connectivity index (χ3v) is 4.10. The lowest BCUT2D eigenvalue weighted by molar-refractivity contribution is 0.0297. The van der Waals surface area contributed by atoms with Gasteiger partial charge in [-0.25, -0.2) is 0 Å². The Hall–Kier alpha value is -0.970. The topological polar surface area (TPSA) is 66.6 Å². The molecule has 1 heterocycles. The van der Waals surface area contributed by atoms with Crippen molar-refractivity contribution in [1.82, 2.24) is 4.90 Å². The van der Waals surface area contributed by atoms with E-state index in [-0.39, 0.29) is 33.7 Å². The molecule has 1 amide bonds. The maximum Gasteiger partial charge on any atom is 0.253 e. The van der Waals surface area contributed by atoms with Crippen LogP contribution in [-0.2, 0) is 0 Å². The van der Waals surface area contributed by atoms with Crippen LogP contribution in [0.3, 0.4) is 0 Å². The maximum atomic E-state index is 12.4. The quantitative estimate of drug-likeness (QED) is 0.783. The van der Waals surface area contributed by atoms with Crippen LogP contribution in [-0.4, -0.2) is 35.1 Å². The molecule has 0 aliphatic carbocycles. The minimum absolute atomic E-state index is 0.0671. The molecule has 104 valence electrons. The number of amides is 1. The smallest absolute Gasteiger partial charge is 0.253 e. The minimum Gasteiger partial charge on any atom is -0.396 e. The zero-order chi connectivity index (χ0) is 14.2. The molecule has 2 rings (SSSR count). The highest BCUT2D eigenvalue weighted by Gasteiger charge is 2.28. The summed E-state index contributed by atoms with van der Waals surface area (Å²) in [6.45, 7) is 2.98. The van der Waals surface area contributed by atoms with Gasteiger partial charge in [-0.1, -0.05) is 30.1 Å². The maximum absolute atomic E-state index is 12.4. The molecular weight excluding hydrogens is 287 g/mol. The van der Waals surface area contributed by atoms with Crippen LogP contribution in [0.5, 0.6) is 0 Å². The standard InChI is InChI=1S/C13H16Cl2N2O2/c1-7-6-17(3-2-11(7)18)13(19)8-4-9(14)12(16)10(15)5-8/h4-5,7,11,18H,2-3,6,16H2,1H3. The summed E-state index contributed by atoms with van der Waals surface area (Å²) in [5.41, 5.74) is 6.35. The van der Waals surface area contributed by atoms with Crippen LogP contribution in [0.2, 0.25) is 10.0 Å². The molecule has 6 heteroatoms. The van der Waals surface area contributed by atoms with Gasteiger partial charge < -0.3 is 15.7 Å². The van der Waals surface area contributed by atoms with Gasteiger partial charge in [0.05, 0.1) is 21.8 Å². The minimum atomic E-state index is -0.345. The van der Waals surface area contributed by atoms with Gasteiger partial charge in [0, 0.05) is 18.7 Å². The fourth-order valence-corrected chi connectivity index (χ4v) is 2.70. The molecule has 1 fully saturated rings. The van der Waals surface area contributed by atoms with E-state index in [4.69, 9.17) is 28.9 Å². The van der Waals surface area contributed by atoms with E-state index in [9.17, 15) is 9.90 Å². The Balaban J connectivity index is 2.20. The van der Waals surface area contributed by atoms with Crippen LogP contribution < -0.4 is 5.73 Å². The number of anilines is 1. The van der Waals surface area contributed by atoms with Crippen molar-refractivity contribution in [2.24, 2.45) is 5.92 Å². The summed E-state index contributed by atoms with van der Waals surface area (Å²) < 4.78 is 0. The molecule has 1 aliphatic heterocycles. The number of aliphatic hydroxyl groups is 1. The van der Waals surface area contributed by atoms with Crippen LogP contribution in [0.15, 0.2) is 12.1 Å². The molecule has 1 aromatic rings. The molecule has 19 heavy (non-hydrogen) atoms. The molecule has 0 aromatic heterocycles. The first-order valence-corrected chi connectivity index (χ1v) is 6.87. The van der Waals surface area contributed by atoms with E-state index in [1.807, 2.05) is 6.92 Å². The predicted molar refractivity (Wildman–Crippen MR) is 76.6 cm³/mol. The highest BCUT2D eigenvalue weighted by molar-refractivity contribution is 6.39.